The van der Waals surface area contributed by atoms with E-state index in [1.165, 1.54) is 18.2 Å². The van der Waals surface area contributed by atoms with Crippen LogP contribution in [0.2, 0.25) is 10.1 Å². The Balaban J connectivity index is 2.20. The van der Waals surface area contributed by atoms with Crippen molar-refractivity contribution >= 4 is 26.3 Å². The molecule has 0 bridgehead atoms. The van der Waals surface area contributed by atoms with E-state index in [1.807, 2.05) is 5.57 Å². The SMILES string of the molecule is C1=C2C[Se][Se]C2CC1. The first kappa shape index (κ1) is 5.56. The van der Waals surface area contributed by atoms with Crippen LogP contribution in [0.25, 0.3) is 0 Å². The molecule has 0 nitrogen and oxygen atoms in total. The molecule has 1 heterocycles. The van der Waals surface area contributed by atoms with Gasteiger partial charge >= 0.3 is 60.9 Å². The van der Waals surface area contributed by atoms with Crippen LogP contribution in [0.4, 0.5) is 0 Å². The van der Waals surface area contributed by atoms with Crippen molar-refractivity contribution in [1.29, 1.82) is 0 Å². The summed E-state index contributed by atoms with van der Waals surface area (Å²) in [6, 6.07) is 0. The Morgan fingerprint density at radius 3 is 3.50 bits per heavy atom. The van der Waals surface area contributed by atoms with Crippen LogP contribution in [0, 0.1) is 0 Å². The molecule has 1 saturated heterocycles. The Kier molecular flexibility index (Phi) is 1.52. The first-order chi connectivity index (χ1) is 3.97. The van der Waals surface area contributed by atoms with E-state index in [0.717, 1.165) is 31.1 Å². The number of hydrogen-bond acceptors (Lipinski definition) is 0. The molecule has 0 aromatic rings. The molecule has 2 heteroatoms. The maximum absolute atomic E-state index is 2.49. The third kappa shape index (κ3) is 0.804. The van der Waals surface area contributed by atoms with Gasteiger partial charge in [0, 0.05) is 0 Å². The molecule has 0 radical (unpaired) electrons. The first-order valence-corrected chi connectivity index (χ1v) is 9.47. The van der Waals surface area contributed by atoms with Gasteiger partial charge in [-0.1, -0.05) is 0 Å². The van der Waals surface area contributed by atoms with E-state index in [0.29, 0.717) is 0 Å². The molecule has 0 aromatic carbocycles. The molecule has 0 amide bonds. The fourth-order valence-electron chi connectivity index (χ4n) is 1.18. The topological polar surface area (TPSA) is 0 Å². The van der Waals surface area contributed by atoms with Gasteiger partial charge in [-0.2, -0.15) is 0 Å². The quantitative estimate of drug-likeness (QED) is 0.440. The molecular formula is C6H8Se2. The van der Waals surface area contributed by atoms with E-state index >= 15 is 0 Å². The molecule has 0 saturated carbocycles. The second kappa shape index (κ2) is 2.19. The summed E-state index contributed by atoms with van der Waals surface area (Å²) in [6.07, 6.45) is 5.40. The molecule has 8 heavy (non-hydrogen) atoms. The van der Waals surface area contributed by atoms with Crippen LogP contribution in [-0.4, -0.2) is 26.3 Å². The van der Waals surface area contributed by atoms with Crippen molar-refractivity contribution in [2.45, 2.75) is 23.0 Å². The zero-order chi connectivity index (χ0) is 5.40. The average molecular weight is 238 g/mol. The predicted molar refractivity (Wildman–Crippen MR) is 37.4 cm³/mol. The van der Waals surface area contributed by atoms with Crippen LogP contribution in [-0.2, 0) is 0 Å². The van der Waals surface area contributed by atoms with E-state index in [-0.39, 0.29) is 0 Å². The van der Waals surface area contributed by atoms with Gasteiger partial charge in [-0.3, -0.25) is 0 Å². The van der Waals surface area contributed by atoms with Crippen molar-refractivity contribution in [2.24, 2.45) is 0 Å². The Morgan fingerprint density at radius 1 is 1.62 bits per heavy atom. The summed E-state index contributed by atoms with van der Waals surface area (Å²) in [7, 11) is 0. The van der Waals surface area contributed by atoms with Crippen LogP contribution >= 0.6 is 0 Å². The van der Waals surface area contributed by atoms with Gasteiger partial charge in [-0.15, -0.1) is 0 Å². The number of hydrogen-bond donors (Lipinski definition) is 0. The predicted octanol–water partition coefficient (Wildman–Crippen LogP) is 1.25. The number of rotatable bonds is 0. The van der Waals surface area contributed by atoms with Gasteiger partial charge in [0.2, 0.25) is 0 Å². The van der Waals surface area contributed by atoms with E-state index in [2.05, 4.69) is 6.08 Å². The molecule has 1 aliphatic heterocycles. The van der Waals surface area contributed by atoms with E-state index < -0.39 is 0 Å². The molecule has 0 spiro atoms. The summed E-state index contributed by atoms with van der Waals surface area (Å²) in [5, 5.41) is 1.51. The van der Waals surface area contributed by atoms with E-state index in [1.54, 1.807) is 0 Å². The third-order valence-electron chi connectivity index (χ3n) is 1.66. The molecule has 1 unspecified atom stereocenters. The van der Waals surface area contributed by atoms with Crippen molar-refractivity contribution in [3.63, 3.8) is 0 Å². The Labute approximate surface area is 61.0 Å². The summed E-state index contributed by atoms with van der Waals surface area (Å²) in [6.45, 7) is 0. The normalized spacial score (nSPS) is 35.0. The van der Waals surface area contributed by atoms with Gasteiger partial charge in [-0.05, 0) is 0 Å². The summed E-state index contributed by atoms with van der Waals surface area (Å²) in [4.78, 5) is 1.13. The van der Waals surface area contributed by atoms with E-state index in [4.69, 9.17) is 0 Å². The van der Waals surface area contributed by atoms with Crippen molar-refractivity contribution in [3.05, 3.63) is 11.6 Å². The standard InChI is InChI=1S/C6H8Se2/c1-2-5-4-7-8-6(5)3-1/h2,6H,1,3-4H2. The van der Waals surface area contributed by atoms with Crippen molar-refractivity contribution in [2.75, 3.05) is 0 Å². The summed E-state index contributed by atoms with van der Waals surface area (Å²) in [5.74, 6) is 0. The Morgan fingerprint density at radius 2 is 2.62 bits per heavy atom. The third-order valence-corrected chi connectivity index (χ3v) is 9.81. The molecule has 1 aliphatic carbocycles. The zero-order valence-corrected chi connectivity index (χ0v) is 8.02. The minimum absolute atomic E-state index is 1.06. The molecule has 2 aliphatic rings. The Hall–Kier alpha value is 0.779. The van der Waals surface area contributed by atoms with Crippen LogP contribution in [0.5, 0.6) is 0 Å². The number of fused-ring (bicyclic) bond motifs is 1. The molecule has 2 rings (SSSR count). The number of allylic oxidation sites excluding steroid dienone is 2. The average Bonchev–Trinajstić information content (AvgIpc) is 2.15. The van der Waals surface area contributed by atoms with Gasteiger partial charge in [0.15, 0.2) is 0 Å². The summed E-state index contributed by atoms with van der Waals surface area (Å²) >= 11 is 2.12. The van der Waals surface area contributed by atoms with Gasteiger partial charge in [0.1, 0.15) is 0 Å². The molecule has 0 N–H and O–H groups in total. The summed E-state index contributed by atoms with van der Waals surface area (Å²) in [5.41, 5.74) is 1.84. The Bertz CT molecular complexity index is 128. The van der Waals surface area contributed by atoms with Crippen LogP contribution in [0.15, 0.2) is 11.6 Å². The zero-order valence-electron chi connectivity index (χ0n) is 4.59. The van der Waals surface area contributed by atoms with Crippen molar-refractivity contribution in [1.82, 2.24) is 0 Å². The fourth-order valence-corrected chi connectivity index (χ4v) is 10.7. The van der Waals surface area contributed by atoms with E-state index in [9.17, 15) is 0 Å². The van der Waals surface area contributed by atoms with Crippen molar-refractivity contribution < 1.29 is 0 Å². The van der Waals surface area contributed by atoms with Gasteiger partial charge in [-0.25, -0.2) is 0 Å². The molecule has 1 fully saturated rings. The second-order valence-corrected chi connectivity index (χ2v) is 9.57. The fraction of sp³-hybridized carbons (Fsp3) is 0.667. The molecule has 0 aromatic heterocycles. The monoisotopic (exact) mass is 240 g/mol. The molecular weight excluding hydrogens is 230 g/mol. The maximum atomic E-state index is 2.49. The molecule has 1 atom stereocenters. The first-order valence-electron chi connectivity index (χ1n) is 2.94. The van der Waals surface area contributed by atoms with Gasteiger partial charge < -0.3 is 0 Å². The van der Waals surface area contributed by atoms with Crippen LogP contribution in [0.1, 0.15) is 12.8 Å². The van der Waals surface area contributed by atoms with Crippen LogP contribution in [0.3, 0.4) is 0 Å². The van der Waals surface area contributed by atoms with Crippen LogP contribution < -0.4 is 0 Å². The second-order valence-electron chi connectivity index (χ2n) is 2.20. The van der Waals surface area contributed by atoms with Crippen molar-refractivity contribution in [3.8, 4) is 0 Å². The van der Waals surface area contributed by atoms with Gasteiger partial charge in [0.25, 0.3) is 0 Å². The minimum atomic E-state index is 1.06. The summed E-state index contributed by atoms with van der Waals surface area (Å²) < 4.78 is 0. The van der Waals surface area contributed by atoms with Gasteiger partial charge in [0.05, 0.1) is 0 Å². The molecule has 44 valence electrons.